The van der Waals surface area contributed by atoms with Crippen LogP contribution in [0.5, 0.6) is 0 Å². The first kappa shape index (κ1) is 12.0. The second kappa shape index (κ2) is 5.15. The molecular weight excluding hydrogens is 276 g/mol. The van der Waals surface area contributed by atoms with E-state index in [0.29, 0.717) is 4.67 Å². The van der Waals surface area contributed by atoms with Crippen molar-refractivity contribution in [2.24, 2.45) is 0 Å². The zero-order valence-corrected chi connectivity index (χ0v) is 9.74. The van der Waals surface area contributed by atoms with E-state index < -0.39 is 5.97 Å². The van der Waals surface area contributed by atoms with Gasteiger partial charge in [0.05, 0.1) is 7.11 Å². The Labute approximate surface area is 99.7 Å². The van der Waals surface area contributed by atoms with E-state index >= 15 is 0 Å². The van der Waals surface area contributed by atoms with Crippen LogP contribution in [0.3, 0.4) is 0 Å². The van der Waals surface area contributed by atoms with Crippen molar-refractivity contribution in [3.8, 4) is 12.1 Å². The number of rotatable bonds is 2. The highest BCUT2D eigenvalue weighted by atomic mass is 79.9. The van der Waals surface area contributed by atoms with Crippen molar-refractivity contribution >= 4 is 27.5 Å². The minimum atomic E-state index is -0.869. The van der Waals surface area contributed by atoms with E-state index in [9.17, 15) is 4.79 Å². The number of carbonyl (C=O) groups excluding carboxylic acids is 1. The molecule has 0 N–H and O–H groups in total. The van der Waals surface area contributed by atoms with Gasteiger partial charge in [-0.05, 0) is 28.1 Å². The monoisotopic (exact) mass is 280 g/mol. The average molecular weight is 281 g/mol. The van der Waals surface area contributed by atoms with E-state index in [1.807, 2.05) is 0 Å². The van der Waals surface area contributed by atoms with E-state index in [1.54, 1.807) is 18.2 Å². The lowest BCUT2D eigenvalue weighted by molar-refractivity contribution is -0.135. The Morgan fingerprint density at radius 2 is 2.12 bits per heavy atom. The highest BCUT2D eigenvalue weighted by Gasteiger charge is 2.19. The maximum atomic E-state index is 11.2. The number of methoxy groups -OCH3 is 1. The molecule has 1 aromatic rings. The number of nitrogens with zero attached hydrogens (tertiary/aromatic N) is 2. The van der Waals surface area contributed by atoms with Crippen molar-refractivity contribution in [2.45, 2.75) is 0 Å². The predicted octanol–water partition coefficient (Wildman–Crippen LogP) is 2.02. The first-order chi connectivity index (χ1) is 7.63. The second-order valence-corrected chi connectivity index (χ2v) is 3.35. The number of hydrogen-bond acceptors (Lipinski definition) is 5. The Bertz CT molecular complexity index is 531. The molecule has 0 saturated carbocycles. The quantitative estimate of drug-likeness (QED) is 0.470. The summed E-state index contributed by atoms with van der Waals surface area (Å²) >= 11 is 3.06. The van der Waals surface area contributed by atoms with Crippen LogP contribution in [0.2, 0.25) is 0 Å². The summed E-state index contributed by atoms with van der Waals surface area (Å²) in [6.07, 6.45) is 0. The van der Waals surface area contributed by atoms with Gasteiger partial charge in [-0.15, -0.1) is 0 Å². The summed E-state index contributed by atoms with van der Waals surface area (Å²) in [5, 5.41) is 17.7. The molecule has 5 nitrogen and oxygen atoms in total. The Morgan fingerprint density at radius 3 is 2.50 bits per heavy atom. The van der Waals surface area contributed by atoms with Crippen LogP contribution >= 0.6 is 15.9 Å². The molecule has 0 atom stereocenters. The minimum Gasteiger partial charge on any atom is -0.465 e. The molecule has 16 heavy (non-hydrogen) atoms. The summed E-state index contributed by atoms with van der Waals surface area (Å²) in [4.78, 5) is 11.2. The van der Waals surface area contributed by atoms with E-state index in [0.717, 1.165) is 7.11 Å². The fourth-order valence-corrected chi connectivity index (χ4v) is 1.30. The van der Waals surface area contributed by atoms with Gasteiger partial charge in [-0.2, -0.15) is 10.5 Å². The molecule has 0 aliphatic carbocycles. The van der Waals surface area contributed by atoms with Gasteiger partial charge in [0.15, 0.2) is 10.2 Å². The van der Waals surface area contributed by atoms with Crippen molar-refractivity contribution in [1.29, 1.82) is 10.5 Å². The molecule has 0 bridgehead atoms. The smallest absolute Gasteiger partial charge is 0.350 e. The minimum absolute atomic E-state index is 0.135. The number of furan rings is 1. The summed E-state index contributed by atoms with van der Waals surface area (Å²) < 4.78 is 9.88. The van der Waals surface area contributed by atoms with Crippen LogP contribution in [0.1, 0.15) is 5.76 Å². The molecule has 6 heteroatoms. The Balaban J connectivity index is 3.35. The van der Waals surface area contributed by atoms with Crippen LogP contribution in [-0.2, 0) is 9.53 Å². The SMILES string of the molecule is COC(=O)/C(C#N)=C(/C#N)c1ccc(Br)o1. The molecular formula is C10H5BrN2O3. The number of esters is 1. The molecule has 0 aliphatic heterocycles. The van der Waals surface area contributed by atoms with Crippen molar-refractivity contribution in [2.75, 3.05) is 7.11 Å². The van der Waals surface area contributed by atoms with Crippen LogP contribution < -0.4 is 0 Å². The first-order valence-corrected chi connectivity index (χ1v) is 4.81. The fraction of sp³-hybridized carbons (Fsp3) is 0.100. The van der Waals surface area contributed by atoms with Gasteiger partial charge in [0.25, 0.3) is 0 Å². The van der Waals surface area contributed by atoms with Crippen LogP contribution in [-0.4, -0.2) is 13.1 Å². The van der Waals surface area contributed by atoms with Gasteiger partial charge in [-0.1, -0.05) is 0 Å². The summed E-state index contributed by atoms with van der Waals surface area (Å²) in [6, 6.07) is 6.39. The fourth-order valence-electron chi connectivity index (χ4n) is 0.989. The van der Waals surface area contributed by atoms with Gasteiger partial charge >= 0.3 is 5.97 Å². The molecule has 0 fully saturated rings. The summed E-state index contributed by atoms with van der Waals surface area (Å²) in [6.45, 7) is 0. The van der Waals surface area contributed by atoms with Crippen LogP contribution in [0.15, 0.2) is 26.8 Å². The molecule has 0 aromatic carbocycles. The van der Waals surface area contributed by atoms with Gasteiger partial charge in [0.1, 0.15) is 23.5 Å². The van der Waals surface area contributed by atoms with Gasteiger partial charge in [-0.3, -0.25) is 0 Å². The zero-order valence-electron chi connectivity index (χ0n) is 8.15. The van der Waals surface area contributed by atoms with Crippen molar-refractivity contribution < 1.29 is 13.9 Å². The maximum Gasteiger partial charge on any atom is 0.350 e. The molecule has 0 spiro atoms. The third kappa shape index (κ3) is 2.30. The maximum absolute atomic E-state index is 11.2. The Morgan fingerprint density at radius 1 is 1.44 bits per heavy atom. The summed E-state index contributed by atoms with van der Waals surface area (Å²) in [7, 11) is 1.13. The number of allylic oxidation sites excluding steroid dienone is 1. The number of halogens is 1. The highest BCUT2D eigenvalue weighted by Crippen LogP contribution is 2.23. The van der Waals surface area contributed by atoms with Gasteiger partial charge < -0.3 is 9.15 Å². The predicted molar refractivity (Wildman–Crippen MR) is 56.6 cm³/mol. The summed E-state index contributed by atoms with van der Waals surface area (Å²) in [5.74, 6) is -0.733. The highest BCUT2D eigenvalue weighted by molar-refractivity contribution is 9.10. The molecule has 0 saturated heterocycles. The van der Waals surface area contributed by atoms with Crippen molar-refractivity contribution in [3.63, 3.8) is 0 Å². The third-order valence-corrected chi connectivity index (χ3v) is 2.11. The van der Waals surface area contributed by atoms with E-state index in [2.05, 4.69) is 20.7 Å². The standard InChI is InChI=1S/C10H5BrN2O3/c1-15-10(14)7(5-13)6(4-12)8-2-3-9(11)16-8/h2-3H,1H3/b7-6-. The molecule has 0 amide bonds. The number of nitriles is 2. The molecule has 0 aliphatic rings. The van der Waals surface area contributed by atoms with Gasteiger partial charge in [0, 0.05) is 0 Å². The number of ether oxygens (including phenoxy) is 1. The lowest BCUT2D eigenvalue weighted by Crippen LogP contribution is -2.05. The van der Waals surface area contributed by atoms with Crippen LogP contribution in [0.4, 0.5) is 0 Å². The lowest BCUT2D eigenvalue weighted by atomic mass is 10.1. The van der Waals surface area contributed by atoms with E-state index in [4.69, 9.17) is 14.9 Å². The molecule has 0 radical (unpaired) electrons. The number of carbonyl (C=O) groups is 1. The zero-order chi connectivity index (χ0) is 12.1. The van der Waals surface area contributed by atoms with E-state index in [-0.39, 0.29) is 16.9 Å². The van der Waals surface area contributed by atoms with Gasteiger partial charge in [-0.25, -0.2) is 4.79 Å². The Hall–Kier alpha value is -2.05. The topological polar surface area (TPSA) is 87.0 Å². The van der Waals surface area contributed by atoms with Crippen molar-refractivity contribution in [1.82, 2.24) is 0 Å². The molecule has 1 aromatic heterocycles. The Kier molecular flexibility index (Phi) is 3.87. The molecule has 80 valence electrons. The van der Waals surface area contributed by atoms with Gasteiger partial charge in [0.2, 0.25) is 0 Å². The number of hydrogen-bond donors (Lipinski definition) is 0. The average Bonchev–Trinajstić information content (AvgIpc) is 2.71. The van der Waals surface area contributed by atoms with Crippen LogP contribution in [0, 0.1) is 22.7 Å². The first-order valence-electron chi connectivity index (χ1n) is 4.02. The van der Waals surface area contributed by atoms with E-state index in [1.165, 1.54) is 6.07 Å². The lowest BCUT2D eigenvalue weighted by Gasteiger charge is -1.98. The van der Waals surface area contributed by atoms with Crippen LogP contribution in [0.25, 0.3) is 5.57 Å². The normalized spacial score (nSPS) is 11.0. The molecule has 0 unspecified atom stereocenters. The molecule has 1 rings (SSSR count). The summed E-state index contributed by atoms with van der Waals surface area (Å²) in [5.41, 5.74) is -0.535. The molecule has 1 heterocycles. The third-order valence-electron chi connectivity index (χ3n) is 1.68. The van der Waals surface area contributed by atoms with Crippen molar-refractivity contribution in [3.05, 3.63) is 28.1 Å². The second-order valence-electron chi connectivity index (χ2n) is 2.57. The largest absolute Gasteiger partial charge is 0.465 e.